The smallest absolute Gasteiger partial charge is 0.254 e. The average molecular weight is 357 g/mol. The summed E-state index contributed by atoms with van der Waals surface area (Å²) in [5.74, 6) is 1.28. The molecule has 7 nitrogen and oxygen atoms in total. The summed E-state index contributed by atoms with van der Waals surface area (Å²) in [4.78, 5) is 19.5. The molecule has 1 aromatic carbocycles. The lowest BCUT2D eigenvalue weighted by molar-refractivity contribution is 0.0467. The van der Waals surface area contributed by atoms with Gasteiger partial charge >= 0.3 is 0 Å². The first kappa shape index (κ1) is 16.9. The van der Waals surface area contributed by atoms with Gasteiger partial charge in [0.25, 0.3) is 5.91 Å². The van der Waals surface area contributed by atoms with E-state index in [2.05, 4.69) is 4.98 Å². The van der Waals surface area contributed by atoms with Crippen molar-refractivity contribution < 1.29 is 19.0 Å². The number of imidazole rings is 1. The second-order valence-corrected chi connectivity index (χ2v) is 6.71. The van der Waals surface area contributed by atoms with Gasteiger partial charge in [-0.1, -0.05) is 0 Å². The highest BCUT2D eigenvalue weighted by atomic mass is 16.5. The Hall–Kier alpha value is -2.54. The summed E-state index contributed by atoms with van der Waals surface area (Å²) in [7, 11) is 3.64. The molecule has 0 bridgehead atoms. The number of nitrogens with zero attached hydrogens (tertiary/aromatic N) is 3. The summed E-state index contributed by atoms with van der Waals surface area (Å²) in [6.07, 6.45) is 3.37. The number of hydrogen-bond acceptors (Lipinski definition) is 5. The molecule has 1 amide bonds. The zero-order chi connectivity index (χ0) is 18.1. The molecule has 1 unspecified atom stereocenters. The second-order valence-electron chi connectivity index (χ2n) is 6.71. The Morgan fingerprint density at radius 1 is 1.31 bits per heavy atom. The highest BCUT2D eigenvalue weighted by Crippen LogP contribution is 2.32. The minimum atomic E-state index is -0.0426. The van der Waals surface area contributed by atoms with Gasteiger partial charge in [0.1, 0.15) is 0 Å². The van der Waals surface area contributed by atoms with E-state index < -0.39 is 0 Å². The molecule has 2 aliphatic heterocycles. The first-order valence-electron chi connectivity index (χ1n) is 8.86. The molecule has 0 radical (unpaired) electrons. The Morgan fingerprint density at radius 3 is 2.92 bits per heavy atom. The van der Waals surface area contributed by atoms with E-state index in [-0.39, 0.29) is 11.9 Å². The Kier molecular flexibility index (Phi) is 4.55. The van der Waals surface area contributed by atoms with E-state index in [0.29, 0.717) is 43.4 Å². The van der Waals surface area contributed by atoms with Crippen molar-refractivity contribution in [2.45, 2.75) is 25.4 Å². The van der Waals surface area contributed by atoms with Crippen LogP contribution in [0.3, 0.4) is 0 Å². The fourth-order valence-corrected chi connectivity index (χ4v) is 3.56. The monoisotopic (exact) mass is 357 g/mol. The van der Waals surface area contributed by atoms with Crippen LogP contribution in [0.25, 0.3) is 0 Å². The third-order valence-electron chi connectivity index (χ3n) is 4.95. The van der Waals surface area contributed by atoms with Gasteiger partial charge in [0.05, 0.1) is 44.4 Å². The van der Waals surface area contributed by atoms with Gasteiger partial charge < -0.3 is 23.7 Å². The fraction of sp³-hybridized carbons (Fsp3) is 0.474. The van der Waals surface area contributed by atoms with E-state index in [1.165, 1.54) is 0 Å². The van der Waals surface area contributed by atoms with Gasteiger partial charge in [0, 0.05) is 38.3 Å². The normalized spacial score (nSPS) is 19.0. The Balaban J connectivity index is 1.63. The topological polar surface area (TPSA) is 65.8 Å². The van der Waals surface area contributed by atoms with Crippen molar-refractivity contribution in [1.82, 2.24) is 14.5 Å². The molecule has 1 atom stereocenters. The highest BCUT2D eigenvalue weighted by Gasteiger charge is 2.33. The molecule has 0 spiro atoms. The van der Waals surface area contributed by atoms with Gasteiger partial charge in [-0.3, -0.25) is 4.79 Å². The number of rotatable bonds is 3. The number of amides is 1. The van der Waals surface area contributed by atoms with Crippen LogP contribution in [0.15, 0.2) is 24.5 Å². The van der Waals surface area contributed by atoms with Crippen LogP contribution in [0.4, 0.5) is 0 Å². The molecule has 0 aliphatic carbocycles. The van der Waals surface area contributed by atoms with Gasteiger partial charge in [0.2, 0.25) is 0 Å². The van der Waals surface area contributed by atoms with Crippen molar-refractivity contribution in [3.63, 3.8) is 0 Å². The molecule has 2 aliphatic rings. The first-order chi connectivity index (χ1) is 12.7. The molecule has 0 N–H and O–H groups in total. The molecule has 1 aromatic heterocycles. The van der Waals surface area contributed by atoms with E-state index in [1.54, 1.807) is 25.6 Å². The molecule has 26 heavy (non-hydrogen) atoms. The summed E-state index contributed by atoms with van der Waals surface area (Å²) in [5.41, 5.74) is 2.70. The van der Waals surface area contributed by atoms with Crippen molar-refractivity contribution in [3.05, 3.63) is 41.5 Å². The van der Waals surface area contributed by atoms with Gasteiger partial charge in [-0.15, -0.1) is 0 Å². The number of carbonyl (C=O) groups is 1. The van der Waals surface area contributed by atoms with Crippen LogP contribution >= 0.6 is 0 Å². The SMILES string of the molecule is COCC1Cc2c(ncn2C)CN1C(=O)c1ccc2c(c1)OCCCO2. The van der Waals surface area contributed by atoms with E-state index in [4.69, 9.17) is 14.2 Å². The molecule has 7 heteroatoms. The quantitative estimate of drug-likeness (QED) is 0.838. The third kappa shape index (κ3) is 3.03. The van der Waals surface area contributed by atoms with Crippen LogP contribution in [-0.2, 0) is 24.8 Å². The number of aromatic nitrogens is 2. The Bertz CT molecular complexity index is 817. The summed E-state index contributed by atoms with van der Waals surface area (Å²) in [5, 5.41) is 0. The molecule has 2 aromatic rings. The van der Waals surface area contributed by atoms with E-state index >= 15 is 0 Å². The maximum Gasteiger partial charge on any atom is 0.254 e. The lowest BCUT2D eigenvalue weighted by Gasteiger charge is -2.35. The number of fused-ring (bicyclic) bond motifs is 2. The van der Waals surface area contributed by atoms with Gasteiger partial charge in [-0.2, -0.15) is 0 Å². The Morgan fingerprint density at radius 2 is 2.12 bits per heavy atom. The molecular formula is C19H23N3O4. The van der Waals surface area contributed by atoms with Gasteiger partial charge in [-0.05, 0) is 18.2 Å². The van der Waals surface area contributed by atoms with Crippen LogP contribution in [0.1, 0.15) is 28.2 Å². The van der Waals surface area contributed by atoms with Crippen molar-refractivity contribution in [3.8, 4) is 11.5 Å². The number of aryl methyl sites for hydroxylation is 1. The van der Waals surface area contributed by atoms with Crippen molar-refractivity contribution in [2.24, 2.45) is 7.05 Å². The first-order valence-corrected chi connectivity index (χ1v) is 8.86. The Labute approximate surface area is 152 Å². The maximum atomic E-state index is 13.2. The zero-order valence-corrected chi connectivity index (χ0v) is 15.1. The summed E-state index contributed by atoms with van der Waals surface area (Å²) >= 11 is 0. The summed E-state index contributed by atoms with van der Waals surface area (Å²) in [6, 6.07) is 5.37. The predicted octanol–water partition coefficient (Wildman–Crippen LogP) is 1.79. The molecule has 4 rings (SSSR count). The standard InChI is InChI=1S/C19H23N3O4/c1-21-12-20-15-10-22(14(11-24-2)9-16(15)21)19(23)13-4-5-17-18(8-13)26-7-3-6-25-17/h4-5,8,12,14H,3,6-7,9-11H2,1-2H3. The minimum Gasteiger partial charge on any atom is -0.490 e. The number of methoxy groups -OCH3 is 1. The van der Waals surface area contributed by atoms with Gasteiger partial charge in [0.15, 0.2) is 11.5 Å². The highest BCUT2D eigenvalue weighted by molar-refractivity contribution is 5.95. The van der Waals surface area contributed by atoms with Crippen LogP contribution < -0.4 is 9.47 Å². The minimum absolute atomic E-state index is 0.0219. The lowest BCUT2D eigenvalue weighted by Crippen LogP contribution is -2.47. The predicted molar refractivity (Wildman–Crippen MR) is 94.5 cm³/mol. The second kappa shape index (κ2) is 6.99. The number of carbonyl (C=O) groups excluding carboxylic acids is 1. The molecule has 138 valence electrons. The van der Waals surface area contributed by atoms with E-state index in [0.717, 1.165) is 24.2 Å². The van der Waals surface area contributed by atoms with E-state index in [1.807, 2.05) is 22.6 Å². The largest absolute Gasteiger partial charge is 0.490 e. The maximum absolute atomic E-state index is 13.2. The molecule has 0 saturated heterocycles. The van der Waals surface area contributed by atoms with Crippen LogP contribution in [-0.4, -0.2) is 53.3 Å². The van der Waals surface area contributed by atoms with Crippen molar-refractivity contribution in [2.75, 3.05) is 26.9 Å². The summed E-state index contributed by atoms with van der Waals surface area (Å²) in [6.45, 7) is 2.20. The third-order valence-corrected chi connectivity index (χ3v) is 4.95. The molecule has 0 fully saturated rings. The van der Waals surface area contributed by atoms with Crippen LogP contribution in [0.2, 0.25) is 0 Å². The summed E-state index contributed by atoms with van der Waals surface area (Å²) < 4.78 is 18.8. The van der Waals surface area contributed by atoms with Crippen molar-refractivity contribution >= 4 is 5.91 Å². The average Bonchev–Trinajstić information content (AvgIpc) is 2.87. The van der Waals surface area contributed by atoms with Crippen LogP contribution in [0, 0.1) is 0 Å². The number of ether oxygens (including phenoxy) is 3. The van der Waals surface area contributed by atoms with Crippen LogP contribution in [0.5, 0.6) is 11.5 Å². The van der Waals surface area contributed by atoms with E-state index in [9.17, 15) is 4.79 Å². The number of benzene rings is 1. The number of hydrogen-bond donors (Lipinski definition) is 0. The molecule has 0 saturated carbocycles. The lowest BCUT2D eigenvalue weighted by atomic mass is 10.0. The van der Waals surface area contributed by atoms with Gasteiger partial charge in [-0.25, -0.2) is 4.98 Å². The molecular weight excluding hydrogens is 334 g/mol. The fourth-order valence-electron chi connectivity index (χ4n) is 3.56. The van der Waals surface area contributed by atoms with Crippen molar-refractivity contribution in [1.29, 1.82) is 0 Å². The molecule has 3 heterocycles. The zero-order valence-electron chi connectivity index (χ0n) is 15.1.